The summed E-state index contributed by atoms with van der Waals surface area (Å²) in [6.07, 6.45) is 1.28. The smallest absolute Gasteiger partial charge is 1.00 e. The van der Waals surface area contributed by atoms with Gasteiger partial charge in [0.15, 0.2) is 0 Å². The van der Waals surface area contributed by atoms with Crippen molar-refractivity contribution in [1.29, 1.82) is 0 Å². The van der Waals surface area contributed by atoms with Crippen LogP contribution in [-0.2, 0) is 0 Å². The van der Waals surface area contributed by atoms with E-state index in [2.05, 4.69) is 10.9 Å². The molecule has 0 radical (unpaired) electrons. The first kappa shape index (κ1) is 6.52. The second-order valence-corrected chi connectivity index (χ2v) is 1.21. The predicted molar refractivity (Wildman–Crippen MR) is 21.7 cm³/mol. The quantitative estimate of drug-likeness (QED) is 0.296. The van der Waals surface area contributed by atoms with Crippen LogP contribution in [0.4, 0.5) is 0 Å². The number of hydrogen-bond acceptors (Lipinski definition) is 2. The molecular formula is C3H9LiN2. The molecule has 1 aliphatic heterocycles. The van der Waals surface area contributed by atoms with Crippen molar-refractivity contribution in [1.82, 2.24) is 10.9 Å². The molecule has 0 spiro atoms. The van der Waals surface area contributed by atoms with Crippen LogP contribution < -0.4 is 29.7 Å². The minimum atomic E-state index is 0. The van der Waals surface area contributed by atoms with Crippen LogP contribution in [0.15, 0.2) is 0 Å². The summed E-state index contributed by atoms with van der Waals surface area (Å²) < 4.78 is 0. The monoisotopic (exact) mass is 80.1 g/mol. The van der Waals surface area contributed by atoms with Crippen LogP contribution in [0.25, 0.3) is 0 Å². The van der Waals surface area contributed by atoms with E-state index in [4.69, 9.17) is 0 Å². The van der Waals surface area contributed by atoms with E-state index >= 15 is 0 Å². The van der Waals surface area contributed by atoms with E-state index in [1.54, 1.807) is 0 Å². The van der Waals surface area contributed by atoms with Crippen LogP contribution in [0, 0.1) is 0 Å². The van der Waals surface area contributed by atoms with Crippen LogP contribution in [0.1, 0.15) is 7.85 Å². The van der Waals surface area contributed by atoms with Gasteiger partial charge in [-0.15, -0.1) is 0 Å². The minimum absolute atomic E-state index is 0. The molecule has 0 atom stereocenters. The summed E-state index contributed by atoms with van der Waals surface area (Å²) in [6.45, 7) is 2.28. The second kappa shape index (κ2) is 3.70. The van der Waals surface area contributed by atoms with Gasteiger partial charge < -0.3 is 1.43 Å². The second-order valence-electron chi connectivity index (χ2n) is 1.21. The topological polar surface area (TPSA) is 24.1 Å². The van der Waals surface area contributed by atoms with Gasteiger partial charge in [0.05, 0.1) is 0 Å². The predicted octanol–water partition coefficient (Wildman–Crippen LogP) is -3.40. The van der Waals surface area contributed by atoms with Crippen LogP contribution >= 0.6 is 0 Å². The van der Waals surface area contributed by atoms with Gasteiger partial charge >= 0.3 is 18.9 Å². The van der Waals surface area contributed by atoms with Gasteiger partial charge in [0, 0.05) is 13.1 Å². The van der Waals surface area contributed by atoms with Gasteiger partial charge in [-0.2, -0.15) is 0 Å². The van der Waals surface area contributed by atoms with Gasteiger partial charge in [0.2, 0.25) is 0 Å². The zero-order valence-electron chi connectivity index (χ0n) is 5.12. The van der Waals surface area contributed by atoms with Crippen molar-refractivity contribution >= 4 is 0 Å². The van der Waals surface area contributed by atoms with Gasteiger partial charge in [-0.05, 0) is 6.42 Å². The average molecular weight is 80.1 g/mol. The Bertz CT molecular complexity index is 24.5. The molecule has 32 valence electrons. The maximum absolute atomic E-state index is 2.97. The number of hydrazine groups is 1. The number of nitrogens with one attached hydrogen (secondary N) is 2. The molecule has 0 aromatic heterocycles. The molecule has 0 saturated carbocycles. The SMILES string of the molecule is C1CNNC1.[H-].[Li+]. The molecule has 3 heteroatoms. The standard InChI is InChI=1S/C3H8N2.Li.H/c1-2-4-5-3-1;;/h4-5H,1-3H2;;/q;+1;-1. The van der Waals surface area contributed by atoms with Gasteiger partial charge in [0.25, 0.3) is 0 Å². The summed E-state index contributed by atoms with van der Waals surface area (Å²) in [5, 5.41) is 0. The normalized spacial score (nSPS) is 20.0. The fraction of sp³-hybridized carbons (Fsp3) is 1.00. The third-order valence-corrected chi connectivity index (χ3v) is 0.729. The van der Waals surface area contributed by atoms with Crippen molar-refractivity contribution in [3.05, 3.63) is 0 Å². The molecule has 1 aliphatic rings. The van der Waals surface area contributed by atoms with Crippen LogP contribution in [0.3, 0.4) is 0 Å². The van der Waals surface area contributed by atoms with E-state index in [9.17, 15) is 0 Å². The molecule has 1 saturated heterocycles. The van der Waals surface area contributed by atoms with Crippen molar-refractivity contribution in [2.24, 2.45) is 0 Å². The van der Waals surface area contributed by atoms with Gasteiger partial charge in [0.1, 0.15) is 0 Å². The van der Waals surface area contributed by atoms with Crippen molar-refractivity contribution in [2.45, 2.75) is 6.42 Å². The van der Waals surface area contributed by atoms with E-state index in [1.807, 2.05) is 0 Å². The maximum Gasteiger partial charge on any atom is 1.00 e. The summed E-state index contributed by atoms with van der Waals surface area (Å²) in [4.78, 5) is 0. The van der Waals surface area contributed by atoms with Crippen molar-refractivity contribution in [3.8, 4) is 0 Å². The Kier molecular flexibility index (Phi) is 4.02. The number of rotatable bonds is 0. The summed E-state index contributed by atoms with van der Waals surface area (Å²) in [5.74, 6) is 0. The zero-order valence-corrected chi connectivity index (χ0v) is 4.12. The Morgan fingerprint density at radius 1 is 1.17 bits per heavy atom. The largest absolute Gasteiger partial charge is 1.00 e. The van der Waals surface area contributed by atoms with Crippen LogP contribution in [0.5, 0.6) is 0 Å². The molecule has 1 heterocycles. The van der Waals surface area contributed by atoms with E-state index in [-0.39, 0.29) is 20.3 Å². The zero-order chi connectivity index (χ0) is 3.54. The average Bonchev–Trinajstić information content (AvgIpc) is 1.76. The Labute approximate surface area is 51.3 Å². The molecule has 1 rings (SSSR count). The molecule has 0 aromatic carbocycles. The van der Waals surface area contributed by atoms with Gasteiger partial charge in [-0.3, -0.25) is 10.9 Å². The Hall–Kier alpha value is 0.517. The minimum Gasteiger partial charge on any atom is -1.00 e. The third kappa shape index (κ3) is 1.84. The molecule has 6 heavy (non-hydrogen) atoms. The fourth-order valence-corrected chi connectivity index (χ4v) is 0.442. The van der Waals surface area contributed by atoms with E-state index in [1.165, 1.54) is 6.42 Å². The molecule has 0 bridgehead atoms. The van der Waals surface area contributed by atoms with E-state index < -0.39 is 0 Å². The Balaban J connectivity index is 0. The Morgan fingerprint density at radius 3 is 1.83 bits per heavy atom. The summed E-state index contributed by atoms with van der Waals surface area (Å²) >= 11 is 0. The fourth-order valence-electron chi connectivity index (χ4n) is 0.442. The summed E-state index contributed by atoms with van der Waals surface area (Å²) in [7, 11) is 0. The molecule has 0 unspecified atom stereocenters. The van der Waals surface area contributed by atoms with Crippen molar-refractivity contribution in [3.63, 3.8) is 0 Å². The van der Waals surface area contributed by atoms with Gasteiger partial charge in [-0.25, -0.2) is 0 Å². The first-order valence-electron chi connectivity index (χ1n) is 1.96. The molecule has 0 amide bonds. The molecule has 0 aliphatic carbocycles. The van der Waals surface area contributed by atoms with Crippen molar-refractivity contribution < 1.29 is 20.3 Å². The summed E-state index contributed by atoms with van der Waals surface area (Å²) in [6, 6.07) is 0. The molecule has 0 aromatic rings. The van der Waals surface area contributed by atoms with E-state index in [0.29, 0.717) is 0 Å². The third-order valence-electron chi connectivity index (χ3n) is 0.729. The van der Waals surface area contributed by atoms with E-state index in [0.717, 1.165) is 13.1 Å². The van der Waals surface area contributed by atoms with Crippen molar-refractivity contribution in [2.75, 3.05) is 13.1 Å². The molecule has 1 fully saturated rings. The first-order chi connectivity index (χ1) is 2.50. The van der Waals surface area contributed by atoms with Gasteiger partial charge in [-0.1, -0.05) is 0 Å². The maximum atomic E-state index is 2.97. The summed E-state index contributed by atoms with van der Waals surface area (Å²) in [5.41, 5.74) is 5.94. The first-order valence-corrected chi connectivity index (χ1v) is 1.96. The molecule has 2 N–H and O–H groups in total. The molecular weight excluding hydrogens is 71.0 g/mol. The van der Waals surface area contributed by atoms with Crippen LogP contribution in [0.2, 0.25) is 0 Å². The van der Waals surface area contributed by atoms with Crippen LogP contribution in [-0.4, -0.2) is 13.1 Å². The molecule has 2 nitrogen and oxygen atoms in total. The Morgan fingerprint density at radius 2 is 1.67 bits per heavy atom. The number of hydrogen-bond donors (Lipinski definition) is 2.